The zero-order valence-electron chi connectivity index (χ0n) is 9.50. The molecule has 0 radical (unpaired) electrons. The average molecular weight is 293 g/mol. The molecule has 5 nitrogen and oxygen atoms in total. The highest BCUT2D eigenvalue weighted by molar-refractivity contribution is 7.99. The minimum atomic E-state index is -4.52. The lowest BCUT2D eigenvalue weighted by atomic mass is 10.4. The fraction of sp³-hybridized carbons (Fsp3) is 0.400. The molecule has 2 aromatic rings. The van der Waals surface area contributed by atoms with Gasteiger partial charge in [0.15, 0.2) is 5.69 Å². The number of alkyl halides is 3. The van der Waals surface area contributed by atoms with E-state index in [1.807, 2.05) is 0 Å². The van der Waals surface area contributed by atoms with Crippen LogP contribution in [-0.2, 0) is 6.18 Å². The maximum atomic E-state index is 12.6. The quantitative estimate of drug-likeness (QED) is 0.829. The van der Waals surface area contributed by atoms with Crippen LogP contribution in [0.1, 0.15) is 5.69 Å². The van der Waals surface area contributed by atoms with Gasteiger partial charge >= 0.3 is 6.18 Å². The molecule has 2 heterocycles. The van der Waals surface area contributed by atoms with E-state index < -0.39 is 24.6 Å². The largest absolute Gasteiger partial charge is 0.435 e. The van der Waals surface area contributed by atoms with Gasteiger partial charge in [0.25, 0.3) is 0 Å². The first-order valence-corrected chi connectivity index (χ1v) is 6.23. The second-order valence-corrected chi connectivity index (χ2v) is 4.75. The van der Waals surface area contributed by atoms with Crippen LogP contribution in [0.5, 0.6) is 0 Å². The monoisotopic (exact) mass is 293 g/mol. The second-order valence-electron chi connectivity index (χ2n) is 3.74. The first-order valence-electron chi connectivity index (χ1n) is 5.25. The first-order chi connectivity index (χ1) is 8.91. The van der Waals surface area contributed by atoms with Gasteiger partial charge in [-0.05, 0) is 6.07 Å². The molecular weight excluding hydrogens is 283 g/mol. The Morgan fingerprint density at radius 3 is 2.79 bits per heavy atom. The van der Waals surface area contributed by atoms with Crippen LogP contribution in [0.4, 0.5) is 13.2 Å². The number of aliphatic hydroxyl groups excluding tert-OH is 2. The maximum absolute atomic E-state index is 12.6. The summed E-state index contributed by atoms with van der Waals surface area (Å²) in [5.74, 6) is 0.135. The predicted molar refractivity (Wildman–Crippen MR) is 61.8 cm³/mol. The maximum Gasteiger partial charge on any atom is 0.435 e. The van der Waals surface area contributed by atoms with Crippen molar-refractivity contribution in [1.29, 1.82) is 0 Å². The SMILES string of the molecule is OCC(O)CSc1nccn2nc(C(F)(F)F)cc12. The average Bonchev–Trinajstić information content (AvgIpc) is 2.80. The molecule has 2 rings (SSSR count). The molecule has 0 fully saturated rings. The Labute approximate surface area is 110 Å². The molecule has 2 aromatic heterocycles. The van der Waals surface area contributed by atoms with E-state index in [-0.39, 0.29) is 11.3 Å². The number of halogens is 3. The van der Waals surface area contributed by atoms with Crippen molar-refractivity contribution in [2.24, 2.45) is 0 Å². The molecule has 0 bridgehead atoms. The van der Waals surface area contributed by atoms with Crippen LogP contribution < -0.4 is 0 Å². The minimum absolute atomic E-state index is 0.135. The summed E-state index contributed by atoms with van der Waals surface area (Å²) in [6.07, 6.45) is -2.82. The third-order valence-electron chi connectivity index (χ3n) is 2.27. The van der Waals surface area contributed by atoms with E-state index in [1.165, 1.54) is 12.4 Å². The van der Waals surface area contributed by atoms with E-state index in [4.69, 9.17) is 5.11 Å². The number of rotatable bonds is 4. The number of fused-ring (bicyclic) bond motifs is 1. The van der Waals surface area contributed by atoms with Gasteiger partial charge in [0.05, 0.1) is 18.2 Å². The molecule has 0 aliphatic rings. The van der Waals surface area contributed by atoms with Crippen molar-refractivity contribution in [1.82, 2.24) is 14.6 Å². The smallest absolute Gasteiger partial charge is 0.394 e. The molecule has 0 amide bonds. The molecule has 1 unspecified atom stereocenters. The summed E-state index contributed by atoms with van der Waals surface area (Å²) < 4.78 is 38.7. The molecule has 0 saturated heterocycles. The fourth-order valence-electron chi connectivity index (χ4n) is 1.38. The van der Waals surface area contributed by atoms with Crippen molar-refractivity contribution in [3.63, 3.8) is 0 Å². The van der Waals surface area contributed by atoms with Crippen molar-refractivity contribution >= 4 is 17.3 Å². The van der Waals surface area contributed by atoms with Gasteiger partial charge in [-0.2, -0.15) is 18.3 Å². The lowest BCUT2D eigenvalue weighted by Gasteiger charge is -2.06. The van der Waals surface area contributed by atoms with Gasteiger partial charge in [0.2, 0.25) is 0 Å². The highest BCUT2D eigenvalue weighted by atomic mass is 32.2. The topological polar surface area (TPSA) is 70.7 Å². The highest BCUT2D eigenvalue weighted by Gasteiger charge is 2.34. The Balaban J connectivity index is 2.32. The predicted octanol–water partition coefficient (Wildman–Crippen LogP) is 1.19. The summed E-state index contributed by atoms with van der Waals surface area (Å²) in [7, 11) is 0. The minimum Gasteiger partial charge on any atom is -0.394 e. The molecule has 104 valence electrons. The van der Waals surface area contributed by atoms with Gasteiger partial charge in [-0.3, -0.25) is 0 Å². The van der Waals surface area contributed by atoms with E-state index in [0.717, 1.165) is 22.3 Å². The van der Waals surface area contributed by atoms with Crippen LogP contribution in [0.15, 0.2) is 23.5 Å². The van der Waals surface area contributed by atoms with Crippen LogP contribution in [0.3, 0.4) is 0 Å². The Kier molecular flexibility index (Phi) is 3.97. The van der Waals surface area contributed by atoms with Crippen molar-refractivity contribution < 1.29 is 23.4 Å². The summed E-state index contributed by atoms with van der Waals surface area (Å²) in [4.78, 5) is 3.95. The number of aliphatic hydroxyl groups is 2. The van der Waals surface area contributed by atoms with Crippen molar-refractivity contribution in [3.05, 3.63) is 24.2 Å². The molecule has 0 aliphatic carbocycles. The summed E-state index contributed by atoms with van der Waals surface area (Å²) in [6, 6.07) is 0.903. The molecule has 0 aliphatic heterocycles. The Hall–Kier alpha value is -1.32. The Morgan fingerprint density at radius 2 is 2.16 bits per heavy atom. The van der Waals surface area contributed by atoms with Gasteiger partial charge < -0.3 is 10.2 Å². The fourth-order valence-corrected chi connectivity index (χ4v) is 2.27. The van der Waals surface area contributed by atoms with Crippen LogP contribution >= 0.6 is 11.8 Å². The number of hydrogen-bond acceptors (Lipinski definition) is 5. The first kappa shape index (κ1) is 14.1. The molecule has 2 N–H and O–H groups in total. The molecular formula is C10H10F3N3O2S. The molecule has 19 heavy (non-hydrogen) atoms. The highest BCUT2D eigenvalue weighted by Crippen LogP contribution is 2.31. The standard InChI is InChI=1S/C10H10F3N3O2S/c11-10(12,13)8-3-7-9(19-5-6(18)4-17)14-1-2-16(7)15-8/h1-3,6,17-18H,4-5H2. The normalized spacial score (nSPS) is 13.9. The van der Waals surface area contributed by atoms with E-state index in [9.17, 15) is 18.3 Å². The zero-order valence-corrected chi connectivity index (χ0v) is 10.3. The summed E-state index contributed by atoms with van der Waals surface area (Å²) >= 11 is 1.06. The number of nitrogens with zero attached hydrogens (tertiary/aromatic N) is 3. The van der Waals surface area contributed by atoms with Crippen LogP contribution in [0, 0.1) is 0 Å². The Bertz CT molecular complexity index is 573. The Morgan fingerprint density at radius 1 is 1.42 bits per heavy atom. The summed E-state index contributed by atoms with van der Waals surface area (Å²) in [5.41, 5.74) is -0.782. The molecule has 9 heteroatoms. The van der Waals surface area contributed by atoms with Gasteiger partial charge in [0, 0.05) is 18.1 Å². The lowest BCUT2D eigenvalue weighted by Crippen LogP contribution is -2.14. The third-order valence-corrected chi connectivity index (χ3v) is 3.41. The molecule has 1 atom stereocenters. The molecule has 0 aromatic carbocycles. The third kappa shape index (κ3) is 3.17. The van der Waals surface area contributed by atoms with Gasteiger partial charge in [0.1, 0.15) is 5.03 Å². The van der Waals surface area contributed by atoms with Crippen LogP contribution in [-0.4, -0.2) is 43.3 Å². The van der Waals surface area contributed by atoms with Gasteiger partial charge in [-0.15, -0.1) is 11.8 Å². The molecule has 0 saturated carbocycles. The second kappa shape index (κ2) is 5.35. The number of hydrogen-bond donors (Lipinski definition) is 2. The van der Waals surface area contributed by atoms with Crippen LogP contribution in [0.25, 0.3) is 5.52 Å². The van der Waals surface area contributed by atoms with Gasteiger partial charge in [-0.1, -0.05) is 0 Å². The van der Waals surface area contributed by atoms with Crippen LogP contribution in [0.2, 0.25) is 0 Å². The molecule has 0 spiro atoms. The lowest BCUT2D eigenvalue weighted by molar-refractivity contribution is -0.141. The van der Waals surface area contributed by atoms with Crippen molar-refractivity contribution in [3.8, 4) is 0 Å². The summed E-state index contributed by atoms with van der Waals surface area (Å²) in [5, 5.41) is 21.6. The van der Waals surface area contributed by atoms with E-state index in [2.05, 4.69) is 10.1 Å². The number of thioether (sulfide) groups is 1. The zero-order chi connectivity index (χ0) is 14.0. The number of aromatic nitrogens is 3. The van der Waals surface area contributed by atoms with Crippen molar-refractivity contribution in [2.45, 2.75) is 17.3 Å². The van der Waals surface area contributed by atoms with Gasteiger partial charge in [-0.25, -0.2) is 9.50 Å². The van der Waals surface area contributed by atoms with E-state index in [1.54, 1.807) is 0 Å². The van der Waals surface area contributed by atoms with E-state index >= 15 is 0 Å². The summed E-state index contributed by atoms with van der Waals surface area (Å²) in [6.45, 7) is -0.414. The van der Waals surface area contributed by atoms with Crippen molar-refractivity contribution in [2.75, 3.05) is 12.4 Å². The van der Waals surface area contributed by atoms with E-state index in [0.29, 0.717) is 5.03 Å².